The van der Waals surface area contributed by atoms with E-state index in [1.165, 1.54) is 4.80 Å². The van der Waals surface area contributed by atoms with Crippen LogP contribution in [0.1, 0.15) is 5.69 Å². The summed E-state index contributed by atoms with van der Waals surface area (Å²) in [6.45, 7) is 0.361. The predicted octanol–water partition coefficient (Wildman–Crippen LogP) is 1.38. The van der Waals surface area contributed by atoms with Gasteiger partial charge in [0.15, 0.2) is 17.5 Å². The van der Waals surface area contributed by atoms with Crippen molar-refractivity contribution in [2.24, 2.45) is 17.8 Å². The summed E-state index contributed by atoms with van der Waals surface area (Å²) < 4.78 is 10.4. The molecule has 1 aromatic heterocycles. The van der Waals surface area contributed by atoms with Crippen LogP contribution < -0.4 is 20.5 Å². The number of methoxy groups -OCH3 is 2. The van der Waals surface area contributed by atoms with Crippen LogP contribution in [0.2, 0.25) is 0 Å². The van der Waals surface area contributed by atoms with Gasteiger partial charge in [0.1, 0.15) is 5.69 Å². The Morgan fingerprint density at radius 1 is 1.32 bits per heavy atom. The number of halogens is 1. The number of ether oxygens (including phenoxy) is 2. The van der Waals surface area contributed by atoms with Crippen LogP contribution >= 0.6 is 24.0 Å². The lowest BCUT2D eigenvalue weighted by molar-refractivity contribution is 0.355. The number of nitrogens with two attached hydrogens (primary N) is 1. The van der Waals surface area contributed by atoms with Gasteiger partial charge >= 0.3 is 0 Å². The topological polar surface area (TPSA) is 99.6 Å². The molecule has 0 spiro atoms. The maximum atomic E-state index is 5.83. The molecule has 0 unspecified atom stereocenters. The van der Waals surface area contributed by atoms with E-state index < -0.39 is 0 Å². The molecule has 9 heteroatoms. The fraction of sp³-hybridized carbons (Fsp3) is 0.308. The van der Waals surface area contributed by atoms with E-state index in [2.05, 4.69) is 20.5 Å². The quantitative estimate of drug-likeness (QED) is 0.433. The second-order valence-electron chi connectivity index (χ2n) is 4.22. The average Bonchev–Trinajstić information content (AvgIpc) is 2.90. The van der Waals surface area contributed by atoms with Crippen LogP contribution in [0.5, 0.6) is 11.5 Å². The standard InChI is InChI=1S/C13H18N6O2.HI/c1-19-16-8-10(18-19)7-15-13(14)17-9-4-5-11(20-2)12(6-9)21-3;/h4-6,8H,7H2,1-3H3,(H3,14,15,17);1H. The zero-order valence-electron chi connectivity index (χ0n) is 12.6. The molecule has 0 saturated heterocycles. The summed E-state index contributed by atoms with van der Waals surface area (Å²) >= 11 is 0. The fourth-order valence-electron chi connectivity index (χ4n) is 1.73. The molecule has 0 fully saturated rings. The van der Waals surface area contributed by atoms with E-state index >= 15 is 0 Å². The molecule has 0 bridgehead atoms. The molecule has 1 heterocycles. The first kappa shape index (κ1) is 18.0. The Bertz CT molecular complexity index is 643. The van der Waals surface area contributed by atoms with Crippen LogP contribution in [0.15, 0.2) is 29.4 Å². The number of hydrogen-bond donors (Lipinski definition) is 2. The number of nitrogens with zero attached hydrogens (tertiary/aromatic N) is 4. The van der Waals surface area contributed by atoms with E-state index in [1.54, 1.807) is 39.6 Å². The van der Waals surface area contributed by atoms with Crippen molar-refractivity contribution in [1.82, 2.24) is 15.0 Å². The zero-order chi connectivity index (χ0) is 15.2. The summed E-state index contributed by atoms with van der Waals surface area (Å²) in [5, 5.41) is 11.1. The first-order valence-electron chi connectivity index (χ1n) is 6.26. The number of anilines is 1. The van der Waals surface area contributed by atoms with Gasteiger partial charge in [0, 0.05) is 18.8 Å². The van der Waals surface area contributed by atoms with Gasteiger partial charge in [-0.1, -0.05) is 0 Å². The average molecular weight is 418 g/mol. The third-order valence-corrected chi connectivity index (χ3v) is 2.71. The van der Waals surface area contributed by atoms with Crippen molar-refractivity contribution in [3.05, 3.63) is 30.1 Å². The predicted molar refractivity (Wildman–Crippen MR) is 94.9 cm³/mol. The number of aliphatic imine (C=N–C) groups is 1. The van der Waals surface area contributed by atoms with E-state index in [0.29, 0.717) is 18.0 Å². The molecule has 0 aliphatic heterocycles. The molecule has 8 nitrogen and oxygen atoms in total. The van der Waals surface area contributed by atoms with Crippen molar-refractivity contribution in [3.63, 3.8) is 0 Å². The Balaban J connectivity index is 0.00000242. The van der Waals surface area contributed by atoms with Crippen LogP contribution in [0.4, 0.5) is 5.69 Å². The number of benzene rings is 1. The number of rotatable bonds is 5. The number of hydrogen-bond acceptors (Lipinski definition) is 5. The van der Waals surface area contributed by atoms with Gasteiger partial charge in [-0.05, 0) is 12.1 Å². The van der Waals surface area contributed by atoms with Gasteiger partial charge in [-0.25, -0.2) is 4.99 Å². The van der Waals surface area contributed by atoms with Crippen LogP contribution in [0.25, 0.3) is 0 Å². The van der Waals surface area contributed by atoms with Crippen molar-refractivity contribution in [2.75, 3.05) is 19.5 Å². The molecular weight excluding hydrogens is 399 g/mol. The summed E-state index contributed by atoms with van der Waals surface area (Å²) in [6, 6.07) is 5.40. The monoisotopic (exact) mass is 418 g/mol. The first-order valence-corrected chi connectivity index (χ1v) is 6.26. The number of aromatic nitrogens is 3. The summed E-state index contributed by atoms with van der Waals surface area (Å²) in [5.74, 6) is 1.55. The molecular formula is C13H19IN6O2. The van der Waals surface area contributed by atoms with Crippen LogP contribution in [0, 0.1) is 0 Å². The maximum absolute atomic E-state index is 5.83. The van der Waals surface area contributed by atoms with E-state index in [4.69, 9.17) is 15.2 Å². The molecule has 0 aliphatic carbocycles. The summed E-state index contributed by atoms with van der Waals surface area (Å²) in [7, 11) is 4.91. The Morgan fingerprint density at radius 3 is 2.64 bits per heavy atom. The van der Waals surface area contributed by atoms with Crippen LogP contribution in [-0.2, 0) is 13.6 Å². The van der Waals surface area contributed by atoms with E-state index in [-0.39, 0.29) is 29.9 Å². The molecule has 22 heavy (non-hydrogen) atoms. The van der Waals surface area contributed by atoms with Crippen molar-refractivity contribution in [3.8, 4) is 11.5 Å². The number of nitrogens with one attached hydrogen (secondary N) is 1. The Kier molecular flexibility index (Phi) is 6.89. The normalized spacial score (nSPS) is 10.8. The van der Waals surface area contributed by atoms with Crippen molar-refractivity contribution in [1.29, 1.82) is 0 Å². The summed E-state index contributed by atoms with van der Waals surface area (Å²) in [4.78, 5) is 5.67. The molecule has 120 valence electrons. The number of guanidine groups is 1. The van der Waals surface area contributed by atoms with Gasteiger partial charge in [0.05, 0.1) is 27.0 Å². The van der Waals surface area contributed by atoms with Gasteiger partial charge in [0.25, 0.3) is 0 Å². The third-order valence-electron chi connectivity index (χ3n) is 2.71. The fourth-order valence-corrected chi connectivity index (χ4v) is 1.73. The largest absolute Gasteiger partial charge is 0.493 e. The highest BCUT2D eigenvalue weighted by atomic mass is 127. The van der Waals surface area contributed by atoms with Gasteiger partial charge in [-0.3, -0.25) is 0 Å². The lowest BCUT2D eigenvalue weighted by Crippen LogP contribution is -2.22. The van der Waals surface area contributed by atoms with E-state index in [1.807, 2.05) is 6.07 Å². The maximum Gasteiger partial charge on any atom is 0.193 e. The van der Waals surface area contributed by atoms with Crippen molar-refractivity contribution in [2.45, 2.75) is 6.54 Å². The molecule has 3 N–H and O–H groups in total. The molecule has 0 aliphatic rings. The Morgan fingerprint density at radius 2 is 2.05 bits per heavy atom. The highest BCUT2D eigenvalue weighted by molar-refractivity contribution is 14.0. The molecule has 1 aromatic carbocycles. The molecule has 0 atom stereocenters. The Hall–Kier alpha value is -2.04. The second-order valence-corrected chi connectivity index (χ2v) is 4.22. The minimum atomic E-state index is 0. The minimum Gasteiger partial charge on any atom is -0.493 e. The van der Waals surface area contributed by atoms with Gasteiger partial charge < -0.3 is 20.5 Å². The van der Waals surface area contributed by atoms with Gasteiger partial charge in [-0.2, -0.15) is 15.0 Å². The lowest BCUT2D eigenvalue weighted by Gasteiger charge is -2.10. The summed E-state index contributed by atoms with van der Waals surface area (Å²) in [5.41, 5.74) is 7.34. The highest BCUT2D eigenvalue weighted by Gasteiger charge is 2.05. The third kappa shape index (κ3) is 4.76. The van der Waals surface area contributed by atoms with Crippen molar-refractivity contribution >= 4 is 35.6 Å². The SMILES string of the molecule is COc1ccc(NC(N)=NCc2cnn(C)n2)cc1OC.I. The van der Waals surface area contributed by atoms with Crippen LogP contribution in [0.3, 0.4) is 0 Å². The zero-order valence-corrected chi connectivity index (χ0v) is 14.9. The number of aryl methyl sites for hydroxylation is 1. The van der Waals surface area contributed by atoms with Gasteiger partial charge in [0.2, 0.25) is 0 Å². The molecule has 0 saturated carbocycles. The molecule has 0 amide bonds. The molecule has 2 aromatic rings. The van der Waals surface area contributed by atoms with E-state index in [0.717, 1.165) is 11.4 Å². The molecule has 0 radical (unpaired) electrons. The van der Waals surface area contributed by atoms with Crippen molar-refractivity contribution < 1.29 is 9.47 Å². The minimum absolute atomic E-state index is 0. The Labute approximate surface area is 145 Å². The lowest BCUT2D eigenvalue weighted by atomic mass is 10.3. The smallest absolute Gasteiger partial charge is 0.193 e. The van der Waals surface area contributed by atoms with Gasteiger partial charge in [-0.15, -0.1) is 24.0 Å². The molecule has 2 rings (SSSR count). The van der Waals surface area contributed by atoms with Crippen LogP contribution in [-0.4, -0.2) is 35.2 Å². The van der Waals surface area contributed by atoms with E-state index in [9.17, 15) is 0 Å². The highest BCUT2D eigenvalue weighted by Crippen LogP contribution is 2.29. The first-order chi connectivity index (χ1) is 10.1. The summed E-state index contributed by atoms with van der Waals surface area (Å²) in [6.07, 6.45) is 1.65. The second kappa shape index (κ2) is 8.41.